The van der Waals surface area contributed by atoms with Gasteiger partial charge in [0.15, 0.2) is 0 Å². The van der Waals surface area contributed by atoms with Gasteiger partial charge in [0.25, 0.3) is 0 Å². The second-order valence-corrected chi connectivity index (χ2v) is 5.49. The quantitative estimate of drug-likeness (QED) is 0.612. The number of ether oxygens (including phenoxy) is 1. The van der Waals surface area contributed by atoms with Crippen LogP contribution < -0.4 is 4.74 Å². The van der Waals surface area contributed by atoms with Crippen LogP contribution in [0.4, 0.5) is 0 Å². The van der Waals surface area contributed by atoms with E-state index in [1.165, 1.54) is 0 Å². The molecule has 0 fully saturated rings. The lowest BCUT2D eigenvalue weighted by Gasteiger charge is -2.07. The molecule has 2 rings (SSSR count). The topological polar surface area (TPSA) is 24.8 Å². The van der Waals surface area contributed by atoms with Crippen molar-refractivity contribution in [3.63, 3.8) is 0 Å². The molecule has 0 amide bonds. The van der Waals surface area contributed by atoms with E-state index in [1.54, 1.807) is 5.01 Å². The van der Waals surface area contributed by atoms with Gasteiger partial charge in [0.1, 0.15) is 12.4 Å². The van der Waals surface area contributed by atoms with Crippen LogP contribution in [0.2, 0.25) is 0 Å². The van der Waals surface area contributed by atoms with Gasteiger partial charge < -0.3 is 9.75 Å². The zero-order chi connectivity index (χ0) is 14.4. The van der Waals surface area contributed by atoms with E-state index >= 15 is 0 Å². The highest BCUT2D eigenvalue weighted by atomic mass is 79.9. The van der Waals surface area contributed by atoms with E-state index in [4.69, 9.17) is 4.74 Å². The Labute approximate surface area is 128 Å². The first-order valence-corrected chi connectivity index (χ1v) is 7.11. The molecule has 2 aromatic carbocycles. The van der Waals surface area contributed by atoms with Crippen LogP contribution in [0.1, 0.15) is 11.1 Å². The molecule has 0 saturated heterocycles. The van der Waals surface area contributed by atoms with Crippen molar-refractivity contribution in [2.75, 3.05) is 14.1 Å². The van der Waals surface area contributed by atoms with Gasteiger partial charge in [0.05, 0.1) is 6.21 Å². The molecule has 0 aromatic heterocycles. The van der Waals surface area contributed by atoms with Gasteiger partial charge in [0.2, 0.25) is 0 Å². The maximum absolute atomic E-state index is 5.74. The molecule has 4 heteroatoms. The molecule has 0 unspecified atom stereocenters. The molecular formula is C16H17BrN2O. The van der Waals surface area contributed by atoms with E-state index in [-0.39, 0.29) is 0 Å². The van der Waals surface area contributed by atoms with Crippen LogP contribution in [-0.2, 0) is 6.61 Å². The van der Waals surface area contributed by atoms with Crippen LogP contribution in [0.15, 0.2) is 58.1 Å². The largest absolute Gasteiger partial charge is 0.489 e. The number of hydrogen-bond acceptors (Lipinski definition) is 3. The van der Waals surface area contributed by atoms with Crippen molar-refractivity contribution >= 4 is 22.1 Å². The van der Waals surface area contributed by atoms with Gasteiger partial charge in [-0.15, -0.1) is 0 Å². The summed E-state index contributed by atoms with van der Waals surface area (Å²) < 4.78 is 6.82. The molecule has 104 valence electrons. The van der Waals surface area contributed by atoms with Crippen LogP contribution in [0.5, 0.6) is 5.75 Å². The van der Waals surface area contributed by atoms with Crippen molar-refractivity contribution in [2.24, 2.45) is 5.10 Å². The number of benzene rings is 2. The highest BCUT2D eigenvalue weighted by molar-refractivity contribution is 9.10. The summed E-state index contributed by atoms with van der Waals surface area (Å²) in [6.07, 6.45) is 1.82. The highest BCUT2D eigenvalue weighted by Crippen LogP contribution is 2.15. The third-order valence-corrected chi connectivity index (χ3v) is 3.17. The van der Waals surface area contributed by atoms with Crippen LogP contribution in [-0.4, -0.2) is 25.3 Å². The van der Waals surface area contributed by atoms with Crippen molar-refractivity contribution in [2.45, 2.75) is 6.61 Å². The summed E-state index contributed by atoms with van der Waals surface area (Å²) in [6.45, 7) is 0.568. The summed E-state index contributed by atoms with van der Waals surface area (Å²) in [6, 6.07) is 16.0. The summed E-state index contributed by atoms with van der Waals surface area (Å²) in [4.78, 5) is 0. The van der Waals surface area contributed by atoms with E-state index in [0.29, 0.717) is 6.61 Å². The van der Waals surface area contributed by atoms with E-state index in [1.807, 2.05) is 68.8 Å². The van der Waals surface area contributed by atoms with Gasteiger partial charge in [-0.05, 0) is 47.5 Å². The molecule has 20 heavy (non-hydrogen) atoms. The Morgan fingerprint density at radius 1 is 1.05 bits per heavy atom. The van der Waals surface area contributed by atoms with Gasteiger partial charge in [-0.1, -0.05) is 28.1 Å². The van der Waals surface area contributed by atoms with E-state index in [2.05, 4.69) is 21.0 Å². The van der Waals surface area contributed by atoms with Gasteiger partial charge in [0, 0.05) is 18.6 Å². The fourth-order valence-corrected chi connectivity index (χ4v) is 1.84. The fourth-order valence-electron chi connectivity index (χ4n) is 1.58. The highest BCUT2D eigenvalue weighted by Gasteiger charge is 1.97. The lowest BCUT2D eigenvalue weighted by molar-refractivity contribution is 0.306. The zero-order valence-electron chi connectivity index (χ0n) is 11.6. The third-order valence-electron chi connectivity index (χ3n) is 2.64. The maximum Gasteiger partial charge on any atom is 0.119 e. The molecule has 0 aliphatic rings. The monoisotopic (exact) mass is 332 g/mol. The second-order valence-electron chi connectivity index (χ2n) is 4.58. The predicted molar refractivity (Wildman–Crippen MR) is 86.2 cm³/mol. The average molecular weight is 333 g/mol. The van der Waals surface area contributed by atoms with Gasteiger partial charge >= 0.3 is 0 Å². The summed E-state index contributed by atoms with van der Waals surface area (Å²) in [7, 11) is 3.79. The van der Waals surface area contributed by atoms with E-state index in [9.17, 15) is 0 Å². The number of rotatable bonds is 5. The maximum atomic E-state index is 5.74. The minimum absolute atomic E-state index is 0.568. The van der Waals surface area contributed by atoms with Crippen molar-refractivity contribution in [3.8, 4) is 5.75 Å². The molecule has 0 atom stereocenters. The lowest BCUT2D eigenvalue weighted by Crippen LogP contribution is -2.01. The molecule has 0 saturated carbocycles. The first-order valence-electron chi connectivity index (χ1n) is 6.32. The van der Waals surface area contributed by atoms with Crippen molar-refractivity contribution in [1.29, 1.82) is 0 Å². The second kappa shape index (κ2) is 7.10. The number of halogens is 1. The minimum atomic E-state index is 0.568. The number of hydrogen-bond donors (Lipinski definition) is 0. The van der Waals surface area contributed by atoms with Crippen LogP contribution in [0.25, 0.3) is 0 Å². The first-order chi connectivity index (χ1) is 9.63. The Kier molecular flexibility index (Phi) is 5.18. The van der Waals surface area contributed by atoms with Crippen LogP contribution >= 0.6 is 15.9 Å². The summed E-state index contributed by atoms with van der Waals surface area (Å²) in [5, 5.41) is 5.95. The Morgan fingerprint density at radius 2 is 1.70 bits per heavy atom. The summed E-state index contributed by atoms with van der Waals surface area (Å²) in [5.74, 6) is 0.856. The minimum Gasteiger partial charge on any atom is -0.489 e. The number of nitrogens with zero attached hydrogens (tertiary/aromatic N) is 2. The zero-order valence-corrected chi connectivity index (χ0v) is 13.2. The van der Waals surface area contributed by atoms with E-state index < -0.39 is 0 Å². The molecule has 0 N–H and O–H groups in total. The fraction of sp³-hybridized carbons (Fsp3) is 0.188. The summed E-state index contributed by atoms with van der Waals surface area (Å²) >= 11 is 3.42. The predicted octanol–water partition coefficient (Wildman–Crippen LogP) is 3.92. The van der Waals surface area contributed by atoms with Gasteiger partial charge in [-0.3, -0.25) is 0 Å². The van der Waals surface area contributed by atoms with Gasteiger partial charge in [-0.25, -0.2) is 0 Å². The van der Waals surface area contributed by atoms with Crippen molar-refractivity contribution in [3.05, 3.63) is 64.1 Å². The standard InChI is InChI=1S/C16H17BrN2O/c1-19(2)18-11-13-5-9-16(10-6-13)20-12-14-3-7-15(17)8-4-14/h3-11H,12H2,1-2H3/b18-11+. The van der Waals surface area contributed by atoms with E-state index in [0.717, 1.165) is 21.3 Å². The SMILES string of the molecule is CN(C)/N=C/c1ccc(OCc2ccc(Br)cc2)cc1. The molecule has 0 aliphatic heterocycles. The average Bonchev–Trinajstić information content (AvgIpc) is 2.45. The molecule has 0 radical (unpaired) electrons. The Morgan fingerprint density at radius 3 is 2.30 bits per heavy atom. The van der Waals surface area contributed by atoms with Crippen molar-refractivity contribution in [1.82, 2.24) is 5.01 Å². The summed E-state index contributed by atoms with van der Waals surface area (Å²) in [5.41, 5.74) is 2.20. The van der Waals surface area contributed by atoms with Crippen molar-refractivity contribution < 1.29 is 4.74 Å². The smallest absolute Gasteiger partial charge is 0.119 e. The normalized spacial score (nSPS) is 10.8. The molecule has 3 nitrogen and oxygen atoms in total. The Hall–Kier alpha value is -1.81. The molecule has 2 aromatic rings. The lowest BCUT2D eigenvalue weighted by atomic mass is 10.2. The molecular weight excluding hydrogens is 316 g/mol. The molecule has 0 heterocycles. The first kappa shape index (κ1) is 14.6. The Bertz CT molecular complexity index is 562. The Balaban J connectivity index is 1.92. The third kappa shape index (κ3) is 4.70. The van der Waals surface area contributed by atoms with Crippen LogP contribution in [0.3, 0.4) is 0 Å². The molecule has 0 spiro atoms. The molecule has 0 bridgehead atoms. The van der Waals surface area contributed by atoms with Crippen LogP contribution in [0, 0.1) is 0 Å². The van der Waals surface area contributed by atoms with Gasteiger partial charge in [-0.2, -0.15) is 5.10 Å². The number of hydrazone groups is 1. The molecule has 0 aliphatic carbocycles.